The van der Waals surface area contributed by atoms with Crippen molar-refractivity contribution in [2.45, 2.75) is 45.7 Å². The maximum atomic E-state index is 4.46. The summed E-state index contributed by atoms with van der Waals surface area (Å²) in [5.74, 6) is 0. The predicted molar refractivity (Wildman–Crippen MR) is 81.7 cm³/mol. The molecule has 20 heavy (non-hydrogen) atoms. The quantitative estimate of drug-likeness (QED) is 0.847. The van der Waals surface area contributed by atoms with E-state index in [-0.39, 0.29) is 0 Å². The summed E-state index contributed by atoms with van der Waals surface area (Å²) in [5, 5.41) is 4.46. The van der Waals surface area contributed by atoms with Gasteiger partial charge in [0, 0.05) is 37.4 Å². The molecular weight excluding hydrogens is 248 g/mol. The van der Waals surface area contributed by atoms with Gasteiger partial charge in [0.05, 0.1) is 6.20 Å². The third-order valence-corrected chi connectivity index (χ3v) is 4.96. The van der Waals surface area contributed by atoms with E-state index < -0.39 is 0 Å². The van der Waals surface area contributed by atoms with Gasteiger partial charge in [-0.25, -0.2) is 0 Å². The largest absolute Gasteiger partial charge is 0.306 e. The van der Waals surface area contributed by atoms with Crippen LogP contribution in [-0.4, -0.2) is 52.8 Å². The van der Waals surface area contributed by atoms with Gasteiger partial charge >= 0.3 is 0 Å². The lowest BCUT2D eigenvalue weighted by Gasteiger charge is -2.38. The Labute approximate surface area is 122 Å². The third kappa shape index (κ3) is 2.91. The molecule has 1 aromatic heterocycles. The number of hydrogen-bond donors (Lipinski definition) is 0. The van der Waals surface area contributed by atoms with Crippen LogP contribution in [0.1, 0.15) is 44.7 Å². The summed E-state index contributed by atoms with van der Waals surface area (Å²) < 4.78 is 2.07. The van der Waals surface area contributed by atoms with Gasteiger partial charge in [-0.2, -0.15) is 5.10 Å². The van der Waals surface area contributed by atoms with E-state index in [1.807, 2.05) is 6.20 Å². The van der Waals surface area contributed by atoms with Crippen molar-refractivity contribution >= 4 is 0 Å². The van der Waals surface area contributed by atoms with Crippen LogP contribution >= 0.6 is 0 Å². The SMILES string of the molecule is CC(C)n1cc(CN2CCC3(CCCN(C)C3)C2)cn1. The minimum absolute atomic E-state index is 0.459. The molecule has 0 amide bonds. The van der Waals surface area contributed by atoms with Crippen molar-refractivity contribution in [2.24, 2.45) is 5.41 Å². The lowest BCUT2D eigenvalue weighted by molar-refractivity contribution is 0.112. The Morgan fingerprint density at radius 3 is 2.80 bits per heavy atom. The van der Waals surface area contributed by atoms with Gasteiger partial charge in [-0.15, -0.1) is 0 Å². The standard InChI is InChI=1S/C16H28N4/c1-14(2)20-11-15(9-17-20)10-19-8-6-16(13-19)5-4-7-18(3)12-16/h9,11,14H,4-8,10,12-13H2,1-3H3. The lowest BCUT2D eigenvalue weighted by Crippen LogP contribution is -2.42. The Hall–Kier alpha value is -0.870. The van der Waals surface area contributed by atoms with Crippen LogP contribution in [0.2, 0.25) is 0 Å². The molecule has 0 radical (unpaired) electrons. The summed E-state index contributed by atoms with van der Waals surface area (Å²) in [4.78, 5) is 5.14. The first-order valence-electron chi connectivity index (χ1n) is 8.00. The van der Waals surface area contributed by atoms with Crippen molar-refractivity contribution in [3.8, 4) is 0 Å². The molecule has 3 heterocycles. The number of aromatic nitrogens is 2. The maximum Gasteiger partial charge on any atom is 0.0534 e. The molecule has 1 atom stereocenters. The van der Waals surface area contributed by atoms with E-state index in [2.05, 4.69) is 46.7 Å². The van der Waals surface area contributed by atoms with Gasteiger partial charge in [-0.1, -0.05) is 0 Å². The second-order valence-electron chi connectivity index (χ2n) is 7.22. The molecule has 1 aromatic rings. The molecule has 3 rings (SSSR count). The van der Waals surface area contributed by atoms with Crippen LogP contribution in [0.25, 0.3) is 0 Å². The molecular formula is C16H28N4. The van der Waals surface area contributed by atoms with Crippen LogP contribution < -0.4 is 0 Å². The molecule has 2 aliphatic heterocycles. The second-order valence-corrected chi connectivity index (χ2v) is 7.22. The van der Waals surface area contributed by atoms with Gasteiger partial charge in [0.15, 0.2) is 0 Å². The summed E-state index contributed by atoms with van der Waals surface area (Å²) in [6, 6.07) is 0.459. The first-order chi connectivity index (χ1) is 9.56. The minimum atomic E-state index is 0.459. The molecule has 0 N–H and O–H groups in total. The first-order valence-corrected chi connectivity index (χ1v) is 8.00. The van der Waals surface area contributed by atoms with Crippen LogP contribution in [-0.2, 0) is 6.54 Å². The van der Waals surface area contributed by atoms with Crippen LogP contribution in [0, 0.1) is 5.41 Å². The zero-order valence-corrected chi connectivity index (χ0v) is 13.2. The highest BCUT2D eigenvalue weighted by Gasteiger charge is 2.40. The molecule has 1 unspecified atom stereocenters. The van der Waals surface area contributed by atoms with Crippen molar-refractivity contribution in [1.29, 1.82) is 0 Å². The van der Waals surface area contributed by atoms with Crippen LogP contribution in [0.3, 0.4) is 0 Å². The zero-order valence-electron chi connectivity index (χ0n) is 13.2. The fraction of sp³-hybridized carbons (Fsp3) is 0.812. The molecule has 0 aromatic carbocycles. The molecule has 1 spiro atoms. The zero-order chi connectivity index (χ0) is 14.2. The van der Waals surface area contributed by atoms with Crippen molar-refractivity contribution in [3.63, 3.8) is 0 Å². The molecule has 4 heteroatoms. The van der Waals surface area contributed by atoms with E-state index in [4.69, 9.17) is 0 Å². The molecule has 2 fully saturated rings. The Morgan fingerprint density at radius 1 is 1.25 bits per heavy atom. The normalized spacial score (nSPS) is 28.8. The van der Waals surface area contributed by atoms with Crippen molar-refractivity contribution in [1.82, 2.24) is 19.6 Å². The summed E-state index contributed by atoms with van der Waals surface area (Å²) in [6.45, 7) is 10.5. The number of rotatable bonds is 3. The van der Waals surface area contributed by atoms with Gasteiger partial charge in [0.1, 0.15) is 0 Å². The molecule has 0 bridgehead atoms. The minimum Gasteiger partial charge on any atom is -0.306 e. The Morgan fingerprint density at radius 2 is 2.10 bits per heavy atom. The van der Waals surface area contributed by atoms with E-state index in [0.29, 0.717) is 11.5 Å². The van der Waals surface area contributed by atoms with Crippen LogP contribution in [0.5, 0.6) is 0 Å². The molecule has 112 valence electrons. The topological polar surface area (TPSA) is 24.3 Å². The van der Waals surface area contributed by atoms with Gasteiger partial charge in [-0.3, -0.25) is 9.58 Å². The highest BCUT2D eigenvalue weighted by molar-refractivity contribution is 5.06. The molecule has 0 aliphatic carbocycles. The fourth-order valence-electron chi connectivity index (χ4n) is 3.95. The number of likely N-dealkylation sites (tertiary alicyclic amines) is 2. The summed E-state index contributed by atoms with van der Waals surface area (Å²) in [5.41, 5.74) is 1.93. The highest BCUT2D eigenvalue weighted by atomic mass is 15.3. The summed E-state index contributed by atoms with van der Waals surface area (Å²) >= 11 is 0. The van der Waals surface area contributed by atoms with Gasteiger partial charge in [-0.05, 0) is 58.7 Å². The second kappa shape index (κ2) is 5.49. The highest BCUT2D eigenvalue weighted by Crippen LogP contribution is 2.38. The van der Waals surface area contributed by atoms with Crippen LogP contribution in [0.15, 0.2) is 12.4 Å². The predicted octanol–water partition coefficient (Wildman–Crippen LogP) is 2.38. The molecule has 4 nitrogen and oxygen atoms in total. The Balaban J connectivity index is 1.59. The van der Waals surface area contributed by atoms with Crippen molar-refractivity contribution in [3.05, 3.63) is 18.0 Å². The summed E-state index contributed by atoms with van der Waals surface area (Å²) in [7, 11) is 2.27. The van der Waals surface area contributed by atoms with E-state index in [9.17, 15) is 0 Å². The number of nitrogens with zero attached hydrogens (tertiary/aromatic N) is 4. The van der Waals surface area contributed by atoms with Gasteiger partial charge < -0.3 is 4.90 Å². The lowest BCUT2D eigenvalue weighted by atomic mass is 9.79. The molecule has 2 aliphatic rings. The molecule has 2 saturated heterocycles. The van der Waals surface area contributed by atoms with Crippen molar-refractivity contribution < 1.29 is 0 Å². The van der Waals surface area contributed by atoms with Gasteiger partial charge in [0.25, 0.3) is 0 Å². The average molecular weight is 276 g/mol. The summed E-state index contributed by atoms with van der Waals surface area (Å²) in [6.07, 6.45) is 8.41. The first kappa shape index (κ1) is 14.1. The Bertz CT molecular complexity index is 453. The van der Waals surface area contributed by atoms with E-state index >= 15 is 0 Å². The van der Waals surface area contributed by atoms with Gasteiger partial charge in [0.2, 0.25) is 0 Å². The average Bonchev–Trinajstić information content (AvgIpc) is 2.98. The number of hydrogen-bond acceptors (Lipinski definition) is 3. The smallest absolute Gasteiger partial charge is 0.0534 e. The molecule has 0 saturated carbocycles. The fourth-order valence-corrected chi connectivity index (χ4v) is 3.95. The van der Waals surface area contributed by atoms with Crippen LogP contribution in [0.4, 0.5) is 0 Å². The van der Waals surface area contributed by atoms with E-state index in [1.165, 1.54) is 51.0 Å². The maximum absolute atomic E-state index is 4.46. The monoisotopic (exact) mass is 276 g/mol. The third-order valence-electron chi connectivity index (χ3n) is 4.96. The van der Waals surface area contributed by atoms with E-state index in [1.54, 1.807) is 0 Å². The van der Waals surface area contributed by atoms with E-state index in [0.717, 1.165) is 6.54 Å². The van der Waals surface area contributed by atoms with Crippen molar-refractivity contribution in [2.75, 3.05) is 33.2 Å². The Kier molecular flexibility index (Phi) is 3.87. The number of piperidine rings is 1.